The second-order valence-electron chi connectivity index (χ2n) is 8.77. The van der Waals surface area contributed by atoms with E-state index in [4.69, 9.17) is 11.6 Å². The number of halogens is 7. The summed E-state index contributed by atoms with van der Waals surface area (Å²) in [6, 6.07) is 7.92. The summed E-state index contributed by atoms with van der Waals surface area (Å²) in [6.07, 6.45) is -12.2. The summed E-state index contributed by atoms with van der Waals surface area (Å²) in [5.41, 5.74) is -2.72. The summed E-state index contributed by atoms with van der Waals surface area (Å²) in [5.74, 6) is -1.36. The number of nitrogens with one attached hydrogen (secondary N) is 2. The molecular weight excluding hydrogens is 608 g/mol. The third-order valence-electron chi connectivity index (χ3n) is 5.55. The molecule has 0 aliphatic rings. The molecule has 0 aliphatic carbocycles. The number of aromatic nitrogens is 3. The lowest BCUT2D eigenvalue weighted by Crippen LogP contribution is -2.41. The van der Waals surface area contributed by atoms with E-state index < -0.39 is 76.9 Å². The van der Waals surface area contributed by atoms with Crippen molar-refractivity contribution in [2.75, 3.05) is 12.8 Å². The topological polar surface area (TPSA) is 135 Å². The standard InChI is InChI=1S/C23H22ClF6N5O5S/c1-41(39,40)33-17(15-4-2-3-5-16(15)22(25,26)27)10-31-19(37)12-35-21(38)34(11-18(36)23(28,29)30)20(32-35)13-6-8-14(24)9-7-13/h2-9,17-18,33,36H,10-12H2,1H3,(H,31,37). The highest BCUT2D eigenvalue weighted by molar-refractivity contribution is 7.88. The van der Waals surface area contributed by atoms with E-state index in [1.807, 2.05) is 4.72 Å². The quantitative estimate of drug-likeness (QED) is 0.295. The summed E-state index contributed by atoms with van der Waals surface area (Å²) in [7, 11) is -4.07. The minimum Gasteiger partial charge on any atom is -0.382 e. The lowest BCUT2D eigenvalue weighted by atomic mass is 10.0. The Hall–Kier alpha value is -3.41. The Labute approximate surface area is 233 Å². The number of aliphatic hydroxyl groups excluding tert-OH is 1. The van der Waals surface area contributed by atoms with Crippen LogP contribution in [0.1, 0.15) is 17.2 Å². The molecular formula is C23H22ClF6N5O5S. The van der Waals surface area contributed by atoms with Crippen LogP contribution in [0.4, 0.5) is 26.3 Å². The summed E-state index contributed by atoms with van der Waals surface area (Å²) >= 11 is 5.83. The van der Waals surface area contributed by atoms with Crippen LogP contribution in [-0.4, -0.2) is 58.9 Å². The van der Waals surface area contributed by atoms with Gasteiger partial charge in [-0.15, -0.1) is 5.10 Å². The number of amides is 1. The second-order valence-corrected chi connectivity index (χ2v) is 11.0. The second kappa shape index (κ2) is 12.2. The van der Waals surface area contributed by atoms with Crippen LogP contribution < -0.4 is 15.7 Å². The SMILES string of the molecule is CS(=O)(=O)NC(CNC(=O)Cn1nc(-c2ccc(Cl)cc2)n(CC(O)C(F)(F)F)c1=O)c1ccccc1C(F)(F)F. The van der Waals surface area contributed by atoms with E-state index in [2.05, 4.69) is 10.4 Å². The largest absolute Gasteiger partial charge is 0.416 e. The Kier molecular flexibility index (Phi) is 9.57. The van der Waals surface area contributed by atoms with Crippen LogP contribution in [0.3, 0.4) is 0 Å². The van der Waals surface area contributed by atoms with Gasteiger partial charge in [0.15, 0.2) is 11.9 Å². The van der Waals surface area contributed by atoms with Gasteiger partial charge in [0, 0.05) is 17.1 Å². The van der Waals surface area contributed by atoms with Crippen molar-refractivity contribution in [3.05, 3.63) is 75.2 Å². The zero-order valence-electron chi connectivity index (χ0n) is 20.9. The lowest BCUT2D eigenvalue weighted by Gasteiger charge is -2.22. The molecule has 0 radical (unpaired) electrons. The van der Waals surface area contributed by atoms with Gasteiger partial charge >= 0.3 is 18.0 Å². The molecule has 18 heteroatoms. The van der Waals surface area contributed by atoms with Gasteiger partial charge in [0.2, 0.25) is 15.9 Å². The van der Waals surface area contributed by atoms with E-state index in [0.717, 1.165) is 18.2 Å². The Morgan fingerprint density at radius 2 is 1.68 bits per heavy atom. The number of sulfonamides is 1. The van der Waals surface area contributed by atoms with Crippen molar-refractivity contribution in [2.45, 2.75) is 37.6 Å². The molecule has 0 saturated carbocycles. The van der Waals surface area contributed by atoms with Crippen LogP contribution in [0, 0.1) is 0 Å². The van der Waals surface area contributed by atoms with E-state index in [1.54, 1.807) is 0 Å². The molecule has 3 rings (SSSR count). The van der Waals surface area contributed by atoms with Crippen LogP contribution in [0.15, 0.2) is 53.3 Å². The Balaban J connectivity index is 1.90. The van der Waals surface area contributed by atoms with Crippen molar-refractivity contribution in [1.82, 2.24) is 24.4 Å². The smallest absolute Gasteiger partial charge is 0.382 e. The van der Waals surface area contributed by atoms with Crippen molar-refractivity contribution in [3.8, 4) is 11.4 Å². The fourth-order valence-corrected chi connectivity index (χ4v) is 4.59. The number of aliphatic hydroxyl groups is 1. The van der Waals surface area contributed by atoms with Gasteiger partial charge < -0.3 is 10.4 Å². The third-order valence-corrected chi connectivity index (χ3v) is 6.52. The first-order valence-electron chi connectivity index (χ1n) is 11.5. The molecule has 3 N–H and O–H groups in total. The fraction of sp³-hybridized carbons (Fsp3) is 0.348. The molecule has 3 aromatic rings. The molecule has 0 aliphatic heterocycles. The first-order valence-corrected chi connectivity index (χ1v) is 13.7. The molecule has 0 bridgehead atoms. The first-order chi connectivity index (χ1) is 18.9. The Morgan fingerprint density at radius 1 is 1.07 bits per heavy atom. The van der Waals surface area contributed by atoms with Crippen LogP contribution in [0.5, 0.6) is 0 Å². The number of carbonyl (C=O) groups excluding carboxylic acids is 1. The highest BCUT2D eigenvalue weighted by Gasteiger charge is 2.39. The molecule has 224 valence electrons. The predicted molar refractivity (Wildman–Crippen MR) is 134 cm³/mol. The summed E-state index contributed by atoms with van der Waals surface area (Å²) < 4.78 is 106. The van der Waals surface area contributed by atoms with E-state index in [-0.39, 0.29) is 16.4 Å². The normalized spacial score (nSPS) is 14.1. The average Bonchev–Trinajstić information content (AvgIpc) is 3.15. The van der Waals surface area contributed by atoms with Gasteiger partial charge in [0.1, 0.15) is 6.54 Å². The molecule has 1 heterocycles. The van der Waals surface area contributed by atoms with Crippen LogP contribution >= 0.6 is 11.6 Å². The van der Waals surface area contributed by atoms with E-state index in [9.17, 15) is 49.5 Å². The monoisotopic (exact) mass is 629 g/mol. The number of hydrogen-bond donors (Lipinski definition) is 3. The van der Waals surface area contributed by atoms with Gasteiger partial charge in [0.05, 0.1) is 24.4 Å². The molecule has 0 saturated heterocycles. The maximum absolute atomic E-state index is 13.5. The van der Waals surface area contributed by atoms with E-state index >= 15 is 0 Å². The van der Waals surface area contributed by atoms with Crippen molar-refractivity contribution >= 4 is 27.5 Å². The number of rotatable bonds is 10. The fourth-order valence-electron chi connectivity index (χ4n) is 3.74. The van der Waals surface area contributed by atoms with E-state index in [0.29, 0.717) is 15.5 Å². The Bertz CT molecular complexity index is 1550. The zero-order valence-corrected chi connectivity index (χ0v) is 22.4. The van der Waals surface area contributed by atoms with Crippen LogP contribution in [0.25, 0.3) is 11.4 Å². The third kappa shape index (κ3) is 8.54. The van der Waals surface area contributed by atoms with Crippen molar-refractivity contribution in [2.24, 2.45) is 0 Å². The number of alkyl halides is 6. The molecule has 1 amide bonds. The average molecular weight is 630 g/mol. The molecule has 2 atom stereocenters. The minimum absolute atomic E-state index is 0.126. The number of hydrogen-bond acceptors (Lipinski definition) is 6. The van der Waals surface area contributed by atoms with Gasteiger partial charge in [-0.1, -0.05) is 29.8 Å². The molecule has 2 unspecified atom stereocenters. The van der Waals surface area contributed by atoms with Crippen LogP contribution in [-0.2, 0) is 34.1 Å². The maximum atomic E-state index is 13.5. The molecule has 41 heavy (non-hydrogen) atoms. The van der Waals surface area contributed by atoms with Crippen molar-refractivity contribution < 1.29 is 44.7 Å². The van der Waals surface area contributed by atoms with Crippen LogP contribution in [0.2, 0.25) is 5.02 Å². The highest BCUT2D eigenvalue weighted by Crippen LogP contribution is 2.34. The van der Waals surface area contributed by atoms with Crippen molar-refractivity contribution in [1.29, 1.82) is 0 Å². The number of carbonyl (C=O) groups is 1. The Morgan fingerprint density at radius 3 is 2.24 bits per heavy atom. The van der Waals surface area contributed by atoms with Gasteiger partial charge in [-0.2, -0.15) is 26.3 Å². The number of benzene rings is 2. The van der Waals surface area contributed by atoms with E-state index in [1.165, 1.54) is 30.3 Å². The highest BCUT2D eigenvalue weighted by atomic mass is 35.5. The molecule has 10 nitrogen and oxygen atoms in total. The zero-order chi connectivity index (χ0) is 30.8. The molecule has 1 aromatic heterocycles. The van der Waals surface area contributed by atoms with Gasteiger partial charge in [-0.25, -0.2) is 22.6 Å². The summed E-state index contributed by atoms with van der Waals surface area (Å²) in [5, 5.41) is 15.9. The number of nitrogens with zero attached hydrogens (tertiary/aromatic N) is 3. The predicted octanol–water partition coefficient (Wildman–Crippen LogP) is 2.71. The first kappa shape index (κ1) is 32.1. The van der Waals surface area contributed by atoms with Gasteiger partial charge in [0.25, 0.3) is 0 Å². The minimum atomic E-state index is -5.08. The maximum Gasteiger partial charge on any atom is 0.416 e. The molecule has 0 spiro atoms. The summed E-state index contributed by atoms with van der Waals surface area (Å²) in [4.78, 5) is 25.6. The summed E-state index contributed by atoms with van der Waals surface area (Å²) in [6.45, 7) is -2.84. The molecule has 0 fully saturated rings. The lowest BCUT2D eigenvalue weighted by molar-refractivity contribution is -0.207. The van der Waals surface area contributed by atoms with Gasteiger partial charge in [-0.05, 0) is 35.9 Å². The van der Waals surface area contributed by atoms with Crippen molar-refractivity contribution in [3.63, 3.8) is 0 Å². The van der Waals surface area contributed by atoms with Gasteiger partial charge in [-0.3, -0.25) is 9.36 Å². The molecule has 2 aromatic carbocycles.